The second-order valence-corrected chi connectivity index (χ2v) is 7.34. The molecule has 18 heavy (non-hydrogen) atoms. The van der Waals surface area contributed by atoms with Crippen molar-refractivity contribution in [3.05, 3.63) is 35.4 Å². The fourth-order valence-corrected chi connectivity index (χ4v) is 4.37. The third-order valence-electron chi connectivity index (χ3n) is 3.66. The molecule has 2 atom stereocenters. The smallest absolute Gasteiger partial charge is 0.150 e. The monoisotopic (exact) mass is 268 g/mol. The van der Waals surface area contributed by atoms with E-state index in [1.165, 1.54) is 5.56 Å². The van der Waals surface area contributed by atoms with Gasteiger partial charge < -0.3 is 5.11 Å². The van der Waals surface area contributed by atoms with Crippen LogP contribution < -0.4 is 0 Å². The maximum absolute atomic E-state index is 11.4. The van der Waals surface area contributed by atoms with Crippen molar-refractivity contribution in [2.45, 2.75) is 32.3 Å². The second-order valence-electron chi connectivity index (χ2n) is 5.12. The Morgan fingerprint density at radius 3 is 2.50 bits per heavy atom. The van der Waals surface area contributed by atoms with Gasteiger partial charge in [0, 0.05) is 0 Å². The van der Waals surface area contributed by atoms with Crippen molar-refractivity contribution in [3.63, 3.8) is 0 Å². The first kappa shape index (κ1) is 13.6. The van der Waals surface area contributed by atoms with Gasteiger partial charge in [-0.3, -0.25) is 0 Å². The maximum atomic E-state index is 11.4. The first-order valence-corrected chi connectivity index (χ1v) is 8.29. The van der Waals surface area contributed by atoms with Gasteiger partial charge >= 0.3 is 0 Å². The summed E-state index contributed by atoms with van der Waals surface area (Å²) in [5, 5.41) is 10.1. The highest BCUT2D eigenvalue weighted by Gasteiger charge is 2.29. The van der Waals surface area contributed by atoms with Gasteiger partial charge in [0.05, 0.1) is 17.6 Å². The molecule has 1 saturated heterocycles. The Hall–Kier alpha value is -0.870. The number of aryl methyl sites for hydroxylation is 1. The second kappa shape index (κ2) is 5.41. The van der Waals surface area contributed by atoms with Crippen LogP contribution in [-0.2, 0) is 16.3 Å². The molecule has 3 nitrogen and oxygen atoms in total. The number of aliphatic hydroxyl groups is 1. The van der Waals surface area contributed by atoms with Gasteiger partial charge in [-0.15, -0.1) is 0 Å². The van der Waals surface area contributed by atoms with E-state index in [2.05, 4.69) is 6.92 Å². The number of benzene rings is 1. The topological polar surface area (TPSA) is 54.4 Å². The Balaban J connectivity index is 1.97. The summed E-state index contributed by atoms with van der Waals surface area (Å²) in [6.45, 7) is 2.09. The third kappa shape index (κ3) is 3.33. The lowest BCUT2D eigenvalue weighted by Crippen LogP contribution is -2.09. The molecule has 0 saturated carbocycles. The number of sulfone groups is 1. The van der Waals surface area contributed by atoms with E-state index in [-0.39, 0.29) is 17.4 Å². The Morgan fingerprint density at radius 1 is 1.33 bits per heavy atom. The molecule has 0 bridgehead atoms. The van der Waals surface area contributed by atoms with Crippen molar-refractivity contribution in [1.29, 1.82) is 0 Å². The minimum atomic E-state index is -2.85. The summed E-state index contributed by atoms with van der Waals surface area (Å²) >= 11 is 0. The molecule has 0 amide bonds. The van der Waals surface area contributed by atoms with Crippen molar-refractivity contribution < 1.29 is 13.5 Å². The average Bonchev–Trinajstić information content (AvgIpc) is 2.68. The van der Waals surface area contributed by atoms with Gasteiger partial charge in [-0.1, -0.05) is 31.2 Å². The van der Waals surface area contributed by atoms with Crippen LogP contribution in [-0.4, -0.2) is 25.0 Å². The highest BCUT2D eigenvalue weighted by molar-refractivity contribution is 7.91. The van der Waals surface area contributed by atoms with Gasteiger partial charge in [-0.25, -0.2) is 8.42 Å². The van der Waals surface area contributed by atoms with Crippen LogP contribution in [0.4, 0.5) is 0 Å². The molecule has 1 aliphatic rings. The Labute approximate surface area is 109 Å². The van der Waals surface area contributed by atoms with E-state index >= 15 is 0 Å². The van der Waals surface area contributed by atoms with E-state index in [9.17, 15) is 13.5 Å². The molecule has 1 fully saturated rings. The van der Waals surface area contributed by atoms with Gasteiger partial charge in [-0.05, 0) is 36.3 Å². The Bertz CT molecular complexity index is 490. The van der Waals surface area contributed by atoms with E-state index in [1.54, 1.807) is 0 Å². The molecule has 2 unspecified atom stereocenters. The van der Waals surface area contributed by atoms with Crippen molar-refractivity contribution in [3.8, 4) is 0 Å². The Kier molecular flexibility index (Phi) is 4.07. The minimum Gasteiger partial charge on any atom is -0.388 e. The van der Waals surface area contributed by atoms with Gasteiger partial charge in [0.1, 0.15) is 0 Å². The molecule has 1 N–H and O–H groups in total. The van der Waals surface area contributed by atoms with Crippen LogP contribution in [0, 0.1) is 5.92 Å². The fourth-order valence-electron chi connectivity index (χ4n) is 2.49. The van der Waals surface area contributed by atoms with E-state index in [0.717, 1.165) is 12.0 Å². The first-order valence-electron chi connectivity index (χ1n) is 6.47. The molecule has 4 heteroatoms. The molecule has 0 spiro atoms. The zero-order chi connectivity index (χ0) is 13.2. The van der Waals surface area contributed by atoms with Crippen molar-refractivity contribution in [1.82, 2.24) is 0 Å². The lowest BCUT2D eigenvalue weighted by molar-refractivity contribution is 0.148. The van der Waals surface area contributed by atoms with E-state index in [0.29, 0.717) is 12.8 Å². The number of hydrogen-bond donors (Lipinski definition) is 1. The van der Waals surface area contributed by atoms with Crippen molar-refractivity contribution in [2.75, 3.05) is 11.5 Å². The maximum Gasteiger partial charge on any atom is 0.150 e. The number of hydrogen-bond acceptors (Lipinski definition) is 3. The molecule has 2 rings (SSSR count). The highest BCUT2D eigenvalue weighted by Crippen LogP contribution is 2.28. The summed E-state index contributed by atoms with van der Waals surface area (Å²) in [5.41, 5.74) is 2.13. The summed E-state index contributed by atoms with van der Waals surface area (Å²) in [5.74, 6) is 0.617. The number of aliphatic hydroxyl groups excluding tert-OH is 1. The van der Waals surface area contributed by atoms with Gasteiger partial charge in [-0.2, -0.15) is 0 Å². The molecule has 1 aromatic carbocycles. The first-order chi connectivity index (χ1) is 8.50. The van der Waals surface area contributed by atoms with E-state index in [1.807, 2.05) is 24.3 Å². The molecular weight excluding hydrogens is 248 g/mol. The van der Waals surface area contributed by atoms with Crippen LogP contribution in [0.3, 0.4) is 0 Å². The largest absolute Gasteiger partial charge is 0.388 e. The van der Waals surface area contributed by atoms with E-state index < -0.39 is 15.9 Å². The summed E-state index contributed by atoms with van der Waals surface area (Å²) in [6.07, 6.45) is 1.67. The summed E-state index contributed by atoms with van der Waals surface area (Å²) < 4.78 is 22.7. The summed E-state index contributed by atoms with van der Waals surface area (Å²) in [4.78, 5) is 0. The SMILES string of the molecule is CCc1ccc(C(O)CC2CCS(=O)(=O)C2)cc1. The quantitative estimate of drug-likeness (QED) is 0.910. The lowest BCUT2D eigenvalue weighted by atomic mass is 9.96. The van der Waals surface area contributed by atoms with Gasteiger partial charge in [0.15, 0.2) is 9.84 Å². The van der Waals surface area contributed by atoms with Crippen LogP contribution in [0.2, 0.25) is 0 Å². The van der Waals surface area contributed by atoms with Crippen LogP contribution in [0.15, 0.2) is 24.3 Å². The highest BCUT2D eigenvalue weighted by atomic mass is 32.2. The summed E-state index contributed by atoms with van der Waals surface area (Å²) in [7, 11) is -2.85. The molecular formula is C14H20O3S. The molecule has 1 heterocycles. The van der Waals surface area contributed by atoms with Gasteiger partial charge in [0.2, 0.25) is 0 Å². The Morgan fingerprint density at radius 2 is 2.00 bits per heavy atom. The third-order valence-corrected chi connectivity index (χ3v) is 5.49. The normalized spacial score (nSPS) is 24.0. The van der Waals surface area contributed by atoms with Gasteiger partial charge in [0.25, 0.3) is 0 Å². The van der Waals surface area contributed by atoms with Crippen LogP contribution in [0.5, 0.6) is 0 Å². The zero-order valence-corrected chi connectivity index (χ0v) is 11.5. The van der Waals surface area contributed by atoms with Crippen molar-refractivity contribution >= 4 is 9.84 Å². The molecule has 1 aromatic rings. The molecule has 0 aliphatic carbocycles. The average molecular weight is 268 g/mol. The van der Waals surface area contributed by atoms with E-state index in [4.69, 9.17) is 0 Å². The van der Waals surface area contributed by atoms with Crippen molar-refractivity contribution in [2.24, 2.45) is 5.92 Å². The van der Waals surface area contributed by atoms with Crippen LogP contribution in [0.1, 0.15) is 37.0 Å². The molecule has 0 radical (unpaired) electrons. The predicted molar refractivity (Wildman–Crippen MR) is 72.2 cm³/mol. The van der Waals surface area contributed by atoms with Crippen LogP contribution >= 0.6 is 0 Å². The molecule has 100 valence electrons. The zero-order valence-electron chi connectivity index (χ0n) is 10.7. The fraction of sp³-hybridized carbons (Fsp3) is 0.571. The molecule has 0 aromatic heterocycles. The number of rotatable bonds is 4. The standard InChI is InChI=1S/C14H20O3S/c1-2-11-3-5-13(6-4-11)14(15)9-12-7-8-18(16,17)10-12/h3-6,12,14-15H,2,7-10H2,1H3. The van der Waals surface area contributed by atoms with Crippen LogP contribution in [0.25, 0.3) is 0 Å². The summed E-state index contributed by atoms with van der Waals surface area (Å²) in [6, 6.07) is 7.91. The minimum absolute atomic E-state index is 0.107. The molecule has 1 aliphatic heterocycles. The predicted octanol–water partition coefficient (Wildman–Crippen LogP) is 2.11. The lowest BCUT2D eigenvalue weighted by Gasteiger charge is -2.15.